The van der Waals surface area contributed by atoms with Crippen molar-refractivity contribution in [3.63, 3.8) is 0 Å². The molecule has 3 aromatic heterocycles. The molecule has 0 aliphatic heterocycles. The average Bonchev–Trinajstić information content (AvgIpc) is 3.24. The molecule has 0 saturated heterocycles. The molecule has 156 valence electrons. The van der Waals surface area contributed by atoms with Gasteiger partial charge in [-0.3, -0.25) is 5.32 Å². The molecule has 0 atom stereocenters. The largest absolute Gasteiger partial charge is 0.475 e. The number of nitrogens with one attached hydrogen (secondary N) is 2. The number of anilines is 1. The van der Waals surface area contributed by atoms with Gasteiger partial charge in [-0.15, -0.1) is 11.3 Å². The normalized spacial score (nSPS) is 10.5. The van der Waals surface area contributed by atoms with Crippen molar-refractivity contribution in [2.24, 2.45) is 0 Å². The summed E-state index contributed by atoms with van der Waals surface area (Å²) < 4.78 is 10.7. The van der Waals surface area contributed by atoms with Crippen LogP contribution in [0.2, 0.25) is 0 Å². The van der Waals surface area contributed by atoms with Gasteiger partial charge >= 0.3 is 13.5 Å². The second-order valence-corrected chi connectivity index (χ2v) is 6.96. The highest BCUT2D eigenvalue weighted by atomic mass is 32.1. The van der Waals surface area contributed by atoms with Crippen LogP contribution in [0.1, 0.15) is 6.92 Å². The van der Waals surface area contributed by atoms with E-state index < -0.39 is 0 Å². The van der Waals surface area contributed by atoms with Crippen molar-refractivity contribution in [2.45, 2.75) is 6.92 Å². The Morgan fingerprint density at radius 2 is 2.17 bits per heavy atom. The number of hydrogen-bond donors (Lipinski definition) is 3. The molecule has 0 radical (unpaired) electrons. The summed E-state index contributed by atoms with van der Waals surface area (Å²) in [6.45, 7) is 3.17. The van der Waals surface area contributed by atoms with Crippen LogP contribution >= 0.6 is 11.3 Å². The van der Waals surface area contributed by atoms with Crippen LogP contribution < -0.4 is 20.8 Å². The van der Waals surface area contributed by atoms with Gasteiger partial charge in [-0.25, -0.2) is 19.7 Å². The molecule has 11 heteroatoms. The molecule has 3 aromatic rings. The SMILES string of the molecule is CCNC(=O)Nc1cc(-c2nc(-c3cccnc3OCCOC)cs2)c(BO)cn1. The van der Waals surface area contributed by atoms with Crippen molar-refractivity contribution < 1.29 is 19.3 Å². The van der Waals surface area contributed by atoms with Gasteiger partial charge in [0.25, 0.3) is 0 Å². The zero-order valence-corrected chi connectivity index (χ0v) is 17.5. The summed E-state index contributed by atoms with van der Waals surface area (Å²) in [7, 11) is 1.41. The molecule has 0 unspecified atom stereocenters. The van der Waals surface area contributed by atoms with E-state index in [1.54, 1.807) is 19.4 Å². The standard InChI is InChI=1S/C19H22BN5O4S/c1-3-21-19(26)25-16-9-13(14(20-27)10-23-16)18-24-15(11-30-18)12-5-4-6-22-17(12)29-8-7-28-2/h4-6,9-11,20,27H,3,7-8H2,1-2H3,(H2,21,23,25,26). The van der Waals surface area contributed by atoms with Gasteiger partial charge < -0.3 is 19.8 Å². The number of urea groups is 1. The van der Waals surface area contributed by atoms with Gasteiger partial charge in [0.05, 0.1) is 17.9 Å². The number of amides is 2. The molecule has 0 aliphatic carbocycles. The van der Waals surface area contributed by atoms with E-state index in [4.69, 9.17) is 14.5 Å². The molecule has 0 spiro atoms. The van der Waals surface area contributed by atoms with E-state index in [9.17, 15) is 9.82 Å². The Balaban J connectivity index is 1.90. The Morgan fingerprint density at radius 3 is 2.93 bits per heavy atom. The topological polar surface area (TPSA) is 118 Å². The van der Waals surface area contributed by atoms with Gasteiger partial charge in [-0.1, -0.05) is 0 Å². The van der Waals surface area contributed by atoms with Crippen molar-refractivity contribution in [2.75, 3.05) is 32.2 Å². The second kappa shape index (κ2) is 10.7. The maximum absolute atomic E-state index is 11.8. The molecule has 0 aromatic carbocycles. The van der Waals surface area contributed by atoms with Crippen LogP contribution in [0.25, 0.3) is 21.8 Å². The zero-order valence-electron chi connectivity index (χ0n) is 16.7. The smallest absolute Gasteiger partial charge is 0.320 e. The van der Waals surface area contributed by atoms with Gasteiger partial charge in [0.1, 0.15) is 17.4 Å². The van der Waals surface area contributed by atoms with Crippen LogP contribution in [0.15, 0.2) is 36.0 Å². The lowest BCUT2D eigenvalue weighted by Crippen LogP contribution is -2.29. The third-order valence-corrected chi connectivity index (χ3v) is 4.92. The Hall–Kier alpha value is -3.02. The van der Waals surface area contributed by atoms with Crippen molar-refractivity contribution in [1.29, 1.82) is 0 Å². The van der Waals surface area contributed by atoms with Crippen LogP contribution in [0, 0.1) is 0 Å². The molecule has 0 bridgehead atoms. The Bertz CT molecular complexity index is 1000. The lowest BCUT2D eigenvalue weighted by Gasteiger charge is -2.09. The minimum absolute atomic E-state index is 0.197. The van der Waals surface area contributed by atoms with Gasteiger partial charge in [-0.05, 0) is 30.6 Å². The maximum Gasteiger partial charge on any atom is 0.320 e. The molecular formula is C19H22BN5O4S. The second-order valence-electron chi connectivity index (χ2n) is 6.10. The lowest BCUT2D eigenvalue weighted by atomic mass is 9.86. The minimum atomic E-state index is -0.347. The zero-order chi connectivity index (χ0) is 21.3. The monoisotopic (exact) mass is 427 g/mol. The number of hydrogen-bond acceptors (Lipinski definition) is 8. The maximum atomic E-state index is 11.8. The molecule has 0 saturated carbocycles. The molecule has 3 rings (SSSR count). The van der Waals surface area contributed by atoms with Crippen molar-refractivity contribution in [3.05, 3.63) is 36.0 Å². The van der Waals surface area contributed by atoms with Crippen LogP contribution in [0.4, 0.5) is 10.6 Å². The number of thiazole rings is 1. The lowest BCUT2D eigenvalue weighted by molar-refractivity contribution is 0.144. The fourth-order valence-electron chi connectivity index (χ4n) is 2.64. The molecule has 3 heterocycles. The molecular weight excluding hydrogens is 405 g/mol. The van der Waals surface area contributed by atoms with E-state index in [0.29, 0.717) is 53.2 Å². The third-order valence-electron chi connectivity index (χ3n) is 4.04. The predicted molar refractivity (Wildman–Crippen MR) is 118 cm³/mol. The van der Waals surface area contributed by atoms with Crippen molar-refractivity contribution >= 4 is 36.1 Å². The van der Waals surface area contributed by atoms with Gasteiger partial charge in [0.2, 0.25) is 5.88 Å². The minimum Gasteiger partial charge on any atom is -0.475 e. The average molecular weight is 427 g/mol. The number of pyridine rings is 2. The molecule has 9 nitrogen and oxygen atoms in total. The quantitative estimate of drug-likeness (QED) is 0.349. The molecule has 2 amide bonds. The number of rotatable bonds is 9. The summed E-state index contributed by atoms with van der Waals surface area (Å²) in [5.41, 5.74) is 2.77. The van der Waals surface area contributed by atoms with E-state index in [2.05, 4.69) is 20.6 Å². The first kappa shape index (κ1) is 21.7. The van der Waals surface area contributed by atoms with Crippen LogP contribution in [0.5, 0.6) is 5.88 Å². The summed E-state index contributed by atoms with van der Waals surface area (Å²) in [6.07, 6.45) is 3.19. The highest BCUT2D eigenvalue weighted by molar-refractivity contribution is 7.13. The van der Waals surface area contributed by atoms with Crippen LogP contribution in [-0.2, 0) is 4.74 Å². The van der Waals surface area contributed by atoms with Gasteiger partial charge in [-0.2, -0.15) is 0 Å². The van der Waals surface area contributed by atoms with E-state index in [1.165, 1.54) is 17.5 Å². The van der Waals surface area contributed by atoms with Crippen LogP contribution in [0.3, 0.4) is 0 Å². The van der Waals surface area contributed by atoms with Crippen LogP contribution in [-0.4, -0.2) is 60.4 Å². The summed E-state index contributed by atoms with van der Waals surface area (Å²) in [6, 6.07) is 5.05. The summed E-state index contributed by atoms with van der Waals surface area (Å²) >= 11 is 1.42. The number of ether oxygens (including phenoxy) is 2. The van der Waals surface area contributed by atoms with E-state index in [1.807, 2.05) is 24.4 Å². The fourth-order valence-corrected chi connectivity index (χ4v) is 3.51. The summed E-state index contributed by atoms with van der Waals surface area (Å²) in [5.74, 6) is 0.844. The number of aromatic nitrogens is 3. The highest BCUT2D eigenvalue weighted by Gasteiger charge is 2.16. The number of carbonyl (C=O) groups excluding carboxylic acids is 1. The Kier molecular flexibility index (Phi) is 7.72. The van der Waals surface area contributed by atoms with E-state index >= 15 is 0 Å². The third kappa shape index (κ3) is 5.32. The first-order chi connectivity index (χ1) is 14.7. The van der Waals surface area contributed by atoms with E-state index in [-0.39, 0.29) is 13.5 Å². The van der Waals surface area contributed by atoms with E-state index in [0.717, 1.165) is 5.56 Å². The van der Waals surface area contributed by atoms with Gasteiger partial charge in [0.15, 0.2) is 0 Å². The van der Waals surface area contributed by atoms with Crippen molar-refractivity contribution in [1.82, 2.24) is 20.3 Å². The van der Waals surface area contributed by atoms with Gasteiger partial charge in [0, 0.05) is 37.0 Å². The predicted octanol–water partition coefficient (Wildman–Crippen LogP) is 1.40. The van der Waals surface area contributed by atoms with Crippen molar-refractivity contribution in [3.8, 4) is 27.7 Å². The number of nitrogens with zero attached hydrogens (tertiary/aromatic N) is 3. The number of carbonyl (C=O) groups is 1. The first-order valence-electron chi connectivity index (χ1n) is 9.33. The summed E-state index contributed by atoms with van der Waals surface area (Å²) in [5, 5.41) is 17.6. The molecule has 3 N–H and O–H groups in total. The fraction of sp³-hybridized carbons (Fsp3) is 0.263. The first-order valence-corrected chi connectivity index (χ1v) is 10.2. The number of methoxy groups -OCH3 is 1. The molecule has 30 heavy (non-hydrogen) atoms. The Labute approximate surface area is 178 Å². The Morgan fingerprint density at radius 1 is 1.30 bits per heavy atom. The highest BCUT2D eigenvalue weighted by Crippen LogP contribution is 2.32. The molecule has 0 aliphatic rings. The molecule has 0 fully saturated rings. The summed E-state index contributed by atoms with van der Waals surface area (Å²) in [4.78, 5) is 25.0.